The Morgan fingerprint density at radius 2 is 2.03 bits per heavy atom. The van der Waals surface area contributed by atoms with E-state index >= 15 is 0 Å². The van der Waals surface area contributed by atoms with Crippen LogP contribution in [0.3, 0.4) is 0 Å². The molecular weight excluding hydrogens is 406 g/mol. The molecule has 2 aromatic rings. The lowest BCUT2D eigenvalue weighted by Gasteiger charge is -2.25. The van der Waals surface area contributed by atoms with E-state index in [4.69, 9.17) is 9.47 Å². The number of rotatable bonds is 7. The average molecular weight is 434 g/mol. The second-order valence-electron chi connectivity index (χ2n) is 7.22. The molecule has 9 nitrogen and oxygen atoms in total. The Morgan fingerprint density at radius 1 is 1.23 bits per heavy atom. The van der Waals surface area contributed by atoms with Gasteiger partial charge in [-0.1, -0.05) is 0 Å². The number of anilines is 2. The Balaban J connectivity index is 1.58. The summed E-state index contributed by atoms with van der Waals surface area (Å²) in [7, 11) is 3.13. The molecular formula is C20H27N5O4S. The van der Waals surface area contributed by atoms with E-state index in [9.17, 15) is 9.59 Å². The number of hydrogen-bond acceptors (Lipinski definition) is 7. The van der Waals surface area contributed by atoms with Crippen molar-refractivity contribution in [1.82, 2.24) is 15.2 Å². The molecule has 30 heavy (non-hydrogen) atoms. The molecule has 10 heteroatoms. The van der Waals surface area contributed by atoms with Gasteiger partial charge in [0.05, 0.1) is 32.1 Å². The van der Waals surface area contributed by atoms with Crippen molar-refractivity contribution in [3.63, 3.8) is 0 Å². The summed E-state index contributed by atoms with van der Waals surface area (Å²) in [4.78, 5) is 32.1. The zero-order valence-corrected chi connectivity index (χ0v) is 18.4. The van der Waals surface area contributed by atoms with Crippen LogP contribution in [0.4, 0.5) is 15.6 Å². The number of fused-ring (bicyclic) bond motifs is 1. The standard InChI is InChI=1S/C20H27N5O4S/c1-12(2)21-19(27)24-20-23-14-7-8-25(10-17(14)30-20)11-18(26)22-15-9-13(28-3)5-6-16(15)29-4/h5-6,9,12H,7-8,10-11H2,1-4H3,(H,22,26)(H2,21,23,24,27). The van der Waals surface area contributed by atoms with Gasteiger partial charge in [-0.05, 0) is 26.0 Å². The lowest BCUT2D eigenvalue weighted by atomic mass is 10.2. The van der Waals surface area contributed by atoms with Gasteiger partial charge in [0, 0.05) is 36.5 Å². The van der Waals surface area contributed by atoms with Gasteiger partial charge < -0.3 is 20.1 Å². The number of aromatic nitrogens is 1. The Hall–Kier alpha value is -2.85. The molecule has 0 fully saturated rings. The van der Waals surface area contributed by atoms with Gasteiger partial charge in [-0.2, -0.15) is 0 Å². The molecule has 0 saturated heterocycles. The van der Waals surface area contributed by atoms with Gasteiger partial charge in [0.2, 0.25) is 5.91 Å². The number of carbonyl (C=O) groups is 2. The van der Waals surface area contributed by atoms with Crippen LogP contribution >= 0.6 is 11.3 Å². The summed E-state index contributed by atoms with van der Waals surface area (Å²) in [5.41, 5.74) is 1.55. The number of nitrogens with one attached hydrogen (secondary N) is 3. The molecule has 0 spiro atoms. The summed E-state index contributed by atoms with van der Waals surface area (Å²) in [6.45, 7) is 5.38. The van der Waals surface area contributed by atoms with Crippen LogP contribution in [-0.4, -0.2) is 55.2 Å². The van der Waals surface area contributed by atoms with Crippen molar-refractivity contribution in [2.45, 2.75) is 32.9 Å². The third-order valence-corrected chi connectivity index (χ3v) is 5.50. The first kappa shape index (κ1) is 21.8. The van der Waals surface area contributed by atoms with Gasteiger partial charge in [0.25, 0.3) is 0 Å². The molecule has 0 bridgehead atoms. The van der Waals surface area contributed by atoms with E-state index in [1.807, 2.05) is 13.8 Å². The number of ether oxygens (including phenoxy) is 2. The van der Waals surface area contributed by atoms with Crippen LogP contribution in [0.5, 0.6) is 11.5 Å². The van der Waals surface area contributed by atoms with E-state index in [0.29, 0.717) is 28.9 Å². The van der Waals surface area contributed by atoms with Crippen LogP contribution in [0.1, 0.15) is 24.4 Å². The van der Waals surface area contributed by atoms with Crippen LogP contribution in [0.15, 0.2) is 18.2 Å². The SMILES string of the molecule is COc1ccc(OC)c(NC(=O)CN2CCc3nc(NC(=O)NC(C)C)sc3C2)c1. The molecule has 0 aliphatic carbocycles. The third-order valence-electron chi connectivity index (χ3n) is 4.50. The first-order valence-corrected chi connectivity index (χ1v) is 10.5. The number of methoxy groups -OCH3 is 2. The maximum atomic E-state index is 12.6. The second-order valence-corrected chi connectivity index (χ2v) is 8.30. The molecule has 162 valence electrons. The highest BCUT2D eigenvalue weighted by Crippen LogP contribution is 2.30. The van der Waals surface area contributed by atoms with Crippen LogP contribution in [-0.2, 0) is 17.8 Å². The average Bonchev–Trinajstić information content (AvgIpc) is 3.08. The fraction of sp³-hybridized carbons (Fsp3) is 0.450. The van der Waals surface area contributed by atoms with Crippen molar-refractivity contribution in [2.75, 3.05) is 37.9 Å². The minimum absolute atomic E-state index is 0.0526. The molecule has 1 aromatic heterocycles. The number of nitrogens with zero attached hydrogens (tertiary/aromatic N) is 2. The zero-order valence-electron chi connectivity index (χ0n) is 17.6. The smallest absolute Gasteiger partial charge is 0.321 e. The Morgan fingerprint density at radius 3 is 2.73 bits per heavy atom. The van der Waals surface area contributed by atoms with E-state index in [0.717, 1.165) is 23.5 Å². The van der Waals surface area contributed by atoms with Crippen LogP contribution in [0.25, 0.3) is 0 Å². The number of hydrogen-bond donors (Lipinski definition) is 3. The van der Waals surface area contributed by atoms with Gasteiger partial charge in [-0.25, -0.2) is 9.78 Å². The highest BCUT2D eigenvalue weighted by molar-refractivity contribution is 7.15. The van der Waals surface area contributed by atoms with Crippen molar-refractivity contribution in [1.29, 1.82) is 0 Å². The largest absolute Gasteiger partial charge is 0.497 e. The van der Waals surface area contributed by atoms with Gasteiger partial charge in [0.15, 0.2) is 5.13 Å². The van der Waals surface area contributed by atoms with Crippen molar-refractivity contribution in [2.24, 2.45) is 0 Å². The summed E-state index contributed by atoms with van der Waals surface area (Å²) in [6.07, 6.45) is 0.731. The molecule has 1 aliphatic rings. The first-order valence-electron chi connectivity index (χ1n) is 9.68. The van der Waals surface area contributed by atoms with E-state index in [-0.39, 0.29) is 24.5 Å². The van der Waals surface area contributed by atoms with E-state index in [1.165, 1.54) is 11.3 Å². The molecule has 0 radical (unpaired) electrons. The van der Waals surface area contributed by atoms with Crippen molar-refractivity contribution >= 4 is 34.1 Å². The quantitative estimate of drug-likeness (QED) is 0.620. The molecule has 1 aliphatic heterocycles. The van der Waals surface area contributed by atoms with Crippen LogP contribution in [0.2, 0.25) is 0 Å². The lowest BCUT2D eigenvalue weighted by molar-refractivity contribution is -0.117. The summed E-state index contributed by atoms with van der Waals surface area (Å²) in [5, 5.41) is 9.03. The lowest BCUT2D eigenvalue weighted by Crippen LogP contribution is -2.36. The number of benzene rings is 1. The minimum Gasteiger partial charge on any atom is -0.497 e. The number of carbonyl (C=O) groups excluding carboxylic acids is 2. The first-order chi connectivity index (χ1) is 14.4. The minimum atomic E-state index is -0.264. The summed E-state index contributed by atoms with van der Waals surface area (Å²) in [5.74, 6) is 1.08. The fourth-order valence-electron chi connectivity index (χ4n) is 3.14. The number of urea groups is 1. The summed E-state index contributed by atoms with van der Waals surface area (Å²) >= 11 is 1.44. The molecule has 2 heterocycles. The number of amides is 3. The third kappa shape index (κ3) is 5.61. The monoisotopic (exact) mass is 433 g/mol. The highest BCUT2D eigenvalue weighted by Gasteiger charge is 2.23. The normalized spacial score (nSPS) is 13.5. The van der Waals surface area contributed by atoms with E-state index in [2.05, 4.69) is 25.8 Å². The van der Waals surface area contributed by atoms with Gasteiger partial charge in [-0.15, -0.1) is 11.3 Å². The Kier molecular flexibility index (Phi) is 7.11. The topological polar surface area (TPSA) is 105 Å². The highest BCUT2D eigenvalue weighted by atomic mass is 32.1. The molecule has 3 amide bonds. The maximum Gasteiger partial charge on any atom is 0.321 e. The number of thiazole rings is 1. The van der Waals surface area contributed by atoms with Gasteiger partial charge in [0.1, 0.15) is 11.5 Å². The zero-order chi connectivity index (χ0) is 21.7. The van der Waals surface area contributed by atoms with Gasteiger partial charge in [-0.3, -0.25) is 15.0 Å². The van der Waals surface area contributed by atoms with Gasteiger partial charge >= 0.3 is 6.03 Å². The molecule has 1 aromatic carbocycles. The molecule has 3 N–H and O–H groups in total. The fourth-order valence-corrected chi connectivity index (χ4v) is 4.18. The van der Waals surface area contributed by atoms with E-state index in [1.54, 1.807) is 32.4 Å². The summed E-state index contributed by atoms with van der Waals surface area (Å²) in [6, 6.07) is 5.05. The Labute approximate surface area is 179 Å². The summed E-state index contributed by atoms with van der Waals surface area (Å²) < 4.78 is 10.5. The molecule has 0 unspecified atom stereocenters. The van der Waals surface area contributed by atoms with Crippen molar-refractivity contribution in [3.8, 4) is 11.5 Å². The van der Waals surface area contributed by atoms with Crippen molar-refractivity contribution in [3.05, 3.63) is 28.8 Å². The molecule has 0 saturated carbocycles. The van der Waals surface area contributed by atoms with Crippen LogP contribution < -0.4 is 25.4 Å². The van der Waals surface area contributed by atoms with Crippen LogP contribution in [0, 0.1) is 0 Å². The maximum absolute atomic E-state index is 12.6. The predicted molar refractivity (Wildman–Crippen MR) is 117 cm³/mol. The molecule has 3 rings (SSSR count). The second kappa shape index (κ2) is 9.77. The predicted octanol–water partition coefficient (Wildman–Crippen LogP) is 2.69. The van der Waals surface area contributed by atoms with E-state index < -0.39 is 0 Å². The molecule has 0 atom stereocenters. The Bertz CT molecular complexity index is 915. The van der Waals surface area contributed by atoms with Crippen molar-refractivity contribution < 1.29 is 19.1 Å².